The normalized spacial score (nSPS) is 23.4. The molecule has 2 rings (SSSR count). The number of hydrogen-bond acceptors (Lipinski definition) is 4. The van der Waals surface area contributed by atoms with Crippen LogP contribution in [0.15, 0.2) is 12.2 Å². The van der Waals surface area contributed by atoms with Gasteiger partial charge in [-0.25, -0.2) is 4.79 Å². The molecule has 1 saturated carbocycles. The first kappa shape index (κ1) is 25.7. The van der Waals surface area contributed by atoms with Crippen LogP contribution < -0.4 is 16.0 Å². The van der Waals surface area contributed by atoms with Crippen LogP contribution in [-0.2, 0) is 9.53 Å². The number of ether oxygens (including phenoxy) is 1. The second-order valence-corrected chi connectivity index (χ2v) is 12.4. The Morgan fingerprint density at radius 2 is 1.65 bits per heavy atom. The Kier molecular flexibility index (Phi) is 7.57. The smallest absolute Gasteiger partial charge is 0.408 e. The van der Waals surface area contributed by atoms with Gasteiger partial charge in [0.15, 0.2) is 0 Å². The Morgan fingerprint density at radius 3 is 2.10 bits per heavy atom. The molecule has 3 N–H and O–H groups in total. The van der Waals surface area contributed by atoms with E-state index in [-0.39, 0.29) is 29.1 Å². The number of carbonyl (C=O) groups is 2. The Balaban J connectivity index is 2.02. The van der Waals surface area contributed by atoms with Crippen LogP contribution in [0, 0.1) is 11.3 Å². The molecule has 0 spiro atoms. The highest BCUT2D eigenvalue weighted by atomic mass is 16.6. The SMILES string of the molecule is CC(C)C[C@@H](/C=C/C1(C(=O)NC2CC(C)(C)NC(C)(C)C2)CC1)NC(=O)OC(C)(C)C. The second-order valence-electron chi connectivity index (χ2n) is 12.4. The van der Waals surface area contributed by atoms with Gasteiger partial charge in [-0.15, -0.1) is 0 Å². The molecule has 1 aliphatic heterocycles. The summed E-state index contributed by atoms with van der Waals surface area (Å²) in [6.07, 6.45) is 7.93. The highest BCUT2D eigenvalue weighted by Gasteiger charge is 2.49. The van der Waals surface area contributed by atoms with E-state index < -0.39 is 17.1 Å². The van der Waals surface area contributed by atoms with Gasteiger partial charge in [0.2, 0.25) is 5.91 Å². The van der Waals surface area contributed by atoms with Crippen LogP contribution >= 0.6 is 0 Å². The van der Waals surface area contributed by atoms with Crippen LogP contribution in [-0.4, -0.2) is 40.8 Å². The van der Waals surface area contributed by atoms with Crippen molar-refractivity contribution < 1.29 is 14.3 Å². The molecule has 6 heteroatoms. The fraction of sp³-hybridized carbons (Fsp3) is 0.840. The summed E-state index contributed by atoms with van der Waals surface area (Å²) < 4.78 is 5.42. The molecule has 0 radical (unpaired) electrons. The van der Waals surface area contributed by atoms with Gasteiger partial charge in [-0.3, -0.25) is 4.79 Å². The Hall–Kier alpha value is -1.56. The molecular formula is C25H45N3O3. The van der Waals surface area contributed by atoms with Gasteiger partial charge >= 0.3 is 6.09 Å². The van der Waals surface area contributed by atoms with E-state index in [1.807, 2.05) is 32.9 Å². The molecule has 0 bridgehead atoms. The lowest BCUT2D eigenvalue weighted by atomic mass is 9.79. The molecule has 2 aliphatic rings. The van der Waals surface area contributed by atoms with Gasteiger partial charge in [0.05, 0.1) is 11.5 Å². The summed E-state index contributed by atoms with van der Waals surface area (Å²) in [4.78, 5) is 25.4. The van der Waals surface area contributed by atoms with Gasteiger partial charge in [0.1, 0.15) is 5.60 Å². The monoisotopic (exact) mass is 435 g/mol. The minimum Gasteiger partial charge on any atom is -0.444 e. The molecule has 1 aliphatic carbocycles. The Morgan fingerprint density at radius 1 is 1.10 bits per heavy atom. The lowest BCUT2D eigenvalue weighted by Gasteiger charge is -2.46. The molecule has 1 saturated heterocycles. The molecular weight excluding hydrogens is 390 g/mol. The maximum absolute atomic E-state index is 13.2. The van der Waals surface area contributed by atoms with Crippen molar-refractivity contribution in [2.24, 2.45) is 11.3 Å². The third-order valence-electron chi connectivity index (χ3n) is 5.84. The minimum atomic E-state index is -0.538. The maximum Gasteiger partial charge on any atom is 0.408 e. The number of rotatable bonds is 7. The van der Waals surface area contributed by atoms with Gasteiger partial charge in [-0.2, -0.15) is 0 Å². The summed E-state index contributed by atoms with van der Waals surface area (Å²) in [6, 6.07) is 0.00727. The number of nitrogens with one attached hydrogen (secondary N) is 3. The first-order valence-electron chi connectivity index (χ1n) is 11.8. The number of piperidine rings is 1. The number of carbonyl (C=O) groups excluding carboxylic acids is 2. The molecule has 2 fully saturated rings. The zero-order valence-electron chi connectivity index (χ0n) is 21.1. The van der Waals surface area contributed by atoms with E-state index >= 15 is 0 Å². The molecule has 0 aromatic heterocycles. The summed E-state index contributed by atoms with van der Waals surface area (Å²) in [7, 11) is 0. The third-order valence-corrected chi connectivity index (χ3v) is 5.84. The lowest BCUT2D eigenvalue weighted by Crippen LogP contribution is -2.62. The maximum atomic E-state index is 13.2. The molecule has 31 heavy (non-hydrogen) atoms. The van der Waals surface area contributed by atoms with Crippen LogP contribution in [0.3, 0.4) is 0 Å². The largest absolute Gasteiger partial charge is 0.444 e. The van der Waals surface area contributed by atoms with Crippen molar-refractivity contribution in [2.75, 3.05) is 0 Å². The summed E-state index contributed by atoms with van der Waals surface area (Å²) >= 11 is 0. The van der Waals surface area contributed by atoms with Crippen LogP contribution in [0.4, 0.5) is 4.79 Å². The molecule has 178 valence electrons. The number of alkyl carbamates (subject to hydrolysis) is 1. The Labute approximate surface area is 189 Å². The fourth-order valence-corrected chi connectivity index (χ4v) is 4.81. The van der Waals surface area contributed by atoms with Crippen LogP contribution in [0.5, 0.6) is 0 Å². The van der Waals surface area contributed by atoms with Crippen molar-refractivity contribution in [3.05, 3.63) is 12.2 Å². The summed E-state index contributed by atoms with van der Waals surface area (Å²) in [5.41, 5.74) is -0.994. The average molecular weight is 436 g/mol. The average Bonchev–Trinajstić information content (AvgIpc) is 3.28. The van der Waals surface area contributed by atoms with Crippen molar-refractivity contribution in [1.82, 2.24) is 16.0 Å². The van der Waals surface area contributed by atoms with Crippen LogP contribution in [0.1, 0.15) is 94.4 Å². The van der Waals surface area contributed by atoms with Crippen molar-refractivity contribution in [3.8, 4) is 0 Å². The fourth-order valence-electron chi connectivity index (χ4n) is 4.81. The quantitative estimate of drug-likeness (QED) is 0.507. The van der Waals surface area contributed by atoms with Crippen molar-refractivity contribution >= 4 is 12.0 Å². The van der Waals surface area contributed by atoms with Gasteiger partial charge in [0.25, 0.3) is 0 Å². The minimum absolute atomic E-state index is 0.00799. The van der Waals surface area contributed by atoms with Crippen LogP contribution in [0.2, 0.25) is 0 Å². The first-order chi connectivity index (χ1) is 14.0. The molecule has 0 unspecified atom stereocenters. The van der Waals surface area contributed by atoms with E-state index in [0.29, 0.717) is 5.92 Å². The van der Waals surface area contributed by atoms with E-state index in [1.54, 1.807) is 0 Å². The van der Waals surface area contributed by atoms with E-state index in [4.69, 9.17) is 4.74 Å². The number of amides is 2. The van der Waals surface area contributed by atoms with Crippen molar-refractivity contribution in [1.29, 1.82) is 0 Å². The molecule has 1 atom stereocenters. The predicted octanol–water partition coefficient (Wildman–Crippen LogP) is 4.69. The molecule has 2 amide bonds. The van der Waals surface area contributed by atoms with Crippen LogP contribution in [0.25, 0.3) is 0 Å². The highest BCUT2D eigenvalue weighted by Crippen LogP contribution is 2.48. The van der Waals surface area contributed by atoms with E-state index in [0.717, 1.165) is 32.1 Å². The van der Waals surface area contributed by atoms with Gasteiger partial charge < -0.3 is 20.7 Å². The van der Waals surface area contributed by atoms with Crippen molar-refractivity contribution in [2.45, 2.75) is 123 Å². The van der Waals surface area contributed by atoms with E-state index in [2.05, 4.69) is 57.5 Å². The van der Waals surface area contributed by atoms with E-state index in [1.165, 1.54) is 0 Å². The van der Waals surface area contributed by atoms with E-state index in [9.17, 15) is 9.59 Å². The molecule has 6 nitrogen and oxygen atoms in total. The third kappa shape index (κ3) is 8.47. The molecule has 0 aromatic rings. The zero-order valence-corrected chi connectivity index (χ0v) is 21.1. The van der Waals surface area contributed by atoms with Gasteiger partial charge in [-0.05, 0) is 86.5 Å². The summed E-state index contributed by atoms with van der Waals surface area (Å²) in [5.74, 6) is 0.524. The Bertz CT molecular complexity index is 669. The lowest BCUT2D eigenvalue weighted by molar-refractivity contribution is -0.126. The second kappa shape index (κ2) is 9.13. The molecule has 1 heterocycles. The van der Waals surface area contributed by atoms with Crippen molar-refractivity contribution in [3.63, 3.8) is 0 Å². The summed E-state index contributed by atoms with van der Waals surface area (Å²) in [5, 5.41) is 9.95. The highest BCUT2D eigenvalue weighted by molar-refractivity contribution is 5.87. The predicted molar refractivity (Wildman–Crippen MR) is 126 cm³/mol. The number of hydrogen-bond donors (Lipinski definition) is 3. The zero-order chi connectivity index (χ0) is 23.7. The first-order valence-corrected chi connectivity index (χ1v) is 11.8. The van der Waals surface area contributed by atoms with Gasteiger partial charge in [-0.1, -0.05) is 26.0 Å². The van der Waals surface area contributed by atoms with Gasteiger partial charge in [0, 0.05) is 17.1 Å². The standard InChI is InChI=1S/C25H45N3O3/c1-17(2)14-18(27-21(30)31-22(3,4)5)10-11-25(12-13-25)20(29)26-19-15-23(6,7)28-24(8,9)16-19/h10-11,17-19,28H,12-16H2,1-9H3,(H,26,29)(H,27,30)/b11-10+/t18-/m1/s1. The molecule has 0 aromatic carbocycles. The topological polar surface area (TPSA) is 79.5 Å². The summed E-state index contributed by atoms with van der Waals surface area (Å²) in [6.45, 7) is 18.6.